The highest BCUT2D eigenvalue weighted by Crippen LogP contribution is 2.32. The van der Waals surface area contributed by atoms with Crippen molar-refractivity contribution >= 4 is 27.6 Å². The molecule has 0 saturated carbocycles. The van der Waals surface area contributed by atoms with Crippen molar-refractivity contribution in [3.8, 4) is 11.6 Å². The van der Waals surface area contributed by atoms with E-state index in [1.165, 1.54) is 12.1 Å². The molecule has 1 aromatic heterocycles. The van der Waals surface area contributed by atoms with Crippen LogP contribution in [0.3, 0.4) is 0 Å². The summed E-state index contributed by atoms with van der Waals surface area (Å²) < 4.78 is 5.76. The van der Waals surface area contributed by atoms with E-state index in [4.69, 9.17) is 9.84 Å². The van der Waals surface area contributed by atoms with Crippen LogP contribution in [-0.4, -0.2) is 26.0 Å². The normalized spacial score (nSPS) is 10.1. The standard InChI is InChI=1S/C11H6BrN3O5/c12-6-1-2-9(8(3-6)15(18)19)20-10-5-13-7(4-14-10)11(16)17/h1-5H,(H,16,17). The number of nitro benzene ring substituents is 1. The molecule has 1 N–H and O–H groups in total. The van der Waals surface area contributed by atoms with E-state index in [2.05, 4.69) is 25.9 Å². The first kappa shape index (κ1) is 13.9. The zero-order valence-electron chi connectivity index (χ0n) is 9.69. The summed E-state index contributed by atoms with van der Waals surface area (Å²) in [5, 5.41) is 19.6. The smallest absolute Gasteiger partial charge is 0.356 e. The van der Waals surface area contributed by atoms with E-state index in [1.54, 1.807) is 6.07 Å². The predicted octanol–water partition coefficient (Wildman–Crippen LogP) is 2.64. The molecular formula is C11H6BrN3O5. The number of aromatic carboxylic acids is 1. The van der Waals surface area contributed by atoms with E-state index in [0.29, 0.717) is 4.47 Å². The van der Waals surface area contributed by atoms with Crippen LogP contribution in [0, 0.1) is 10.1 Å². The number of hydrogen-bond acceptors (Lipinski definition) is 6. The number of nitrogens with zero attached hydrogens (tertiary/aromatic N) is 3. The van der Waals surface area contributed by atoms with Gasteiger partial charge in [0.2, 0.25) is 11.6 Å². The molecule has 0 saturated heterocycles. The lowest BCUT2D eigenvalue weighted by atomic mass is 10.3. The highest BCUT2D eigenvalue weighted by atomic mass is 79.9. The van der Waals surface area contributed by atoms with Gasteiger partial charge < -0.3 is 9.84 Å². The van der Waals surface area contributed by atoms with Gasteiger partial charge in [-0.05, 0) is 12.1 Å². The van der Waals surface area contributed by atoms with Crippen LogP contribution in [0.1, 0.15) is 10.5 Å². The Labute approximate surface area is 120 Å². The zero-order chi connectivity index (χ0) is 14.7. The second-order valence-electron chi connectivity index (χ2n) is 3.52. The fourth-order valence-corrected chi connectivity index (χ4v) is 1.66. The van der Waals surface area contributed by atoms with Crippen molar-refractivity contribution in [3.63, 3.8) is 0 Å². The van der Waals surface area contributed by atoms with Crippen LogP contribution in [0.15, 0.2) is 35.1 Å². The van der Waals surface area contributed by atoms with Gasteiger partial charge in [-0.2, -0.15) is 0 Å². The van der Waals surface area contributed by atoms with Gasteiger partial charge in [-0.1, -0.05) is 15.9 Å². The van der Waals surface area contributed by atoms with Gasteiger partial charge in [-0.15, -0.1) is 0 Å². The molecule has 0 amide bonds. The van der Waals surface area contributed by atoms with Crippen molar-refractivity contribution in [2.75, 3.05) is 0 Å². The lowest BCUT2D eigenvalue weighted by Gasteiger charge is -2.05. The number of benzene rings is 1. The minimum absolute atomic E-state index is 0.0180. The van der Waals surface area contributed by atoms with Crippen LogP contribution in [0.4, 0.5) is 5.69 Å². The van der Waals surface area contributed by atoms with Gasteiger partial charge in [0.25, 0.3) is 0 Å². The average molecular weight is 340 g/mol. The Morgan fingerprint density at radius 3 is 2.65 bits per heavy atom. The van der Waals surface area contributed by atoms with Crippen LogP contribution in [-0.2, 0) is 0 Å². The van der Waals surface area contributed by atoms with Crippen molar-refractivity contribution in [1.29, 1.82) is 0 Å². The number of ether oxygens (including phenoxy) is 1. The Morgan fingerprint density at radius 1 is 1.35 bits per heavy atom. The van der Waals surface area contributed by atoms with Crippen LogP contribution in [0.5, 0.6) is 11.6 Å². The second kappa shape index (κ2) is 5.61. The van der Waals surface area contributed by atoms with Gasteiger partial charge in [0.1, 0.15) is 0 Å². The molecule has 2 rings (SSSR count). The Bertz CT molecular complexity index is 674. The molecule has 102 valence electrons. The average Bonchev–Trinajstić information content (AvgIpc) is 2.41. The molecule has 0 fully saturated rings. The number of carbonyl (C=O) groups is 1. The molecule has 1 aromatic carbocycles. The van der Waals surface area contributed by atoms with E-state index in [-0.39, 0.29) is 23.0 Å². The van der Waals surface area contributed by atoms with Crippen LogP contribution in [0.2, 0.25) is 0 Å². The number of carboxylic acids is 1. The summed E-state index contributed by atoms with van der Waals surface area (Å²) in [5.41, 5.74) is -0.494. The maximum Gasteiger partial charge on any atom is 0.356 e. The first-order valence-corrected chi connectivity index (χ1v) is 5.94. The largest absolute Gasteiger partial charge is 0.476 e. The lowest BCUT2D eigenvalue weighted by Crippen LogP contribution is -2.01. The first-order valence-electron chi connectivity index (χ1n) is 5.14. The van der Waals surface area contributed by atoms with Crippen LogP contribution in [0.25, 0.3) is 0 Å². The minimum Gasteiger partial charge on any atom is -0.476 e. The van der Waals surface area contributed by atoms with E-state index < -0.39 is 10.9 Å². The molecule has 1 heterocycles. The maximum absolute atomic E-state index is 10.9. The highest BCUT2D eigenvalue weighted by molar-refractivity contribution is 9.10. The fraction of sp³-hybridized carbons (Fsp3) is 0. The molecule has 0 unspecified atom stereocenters. The molecule has 20 heavy (non-hydrogen) atoms. The van der Waals surface area contributed by atoms with Crippen molar-refractivity contribution in [2.24, 2.45) is 0 Å². The van der Waals surface area contributed by atoms with Gasteiger partial charge in [-0.3, -0.25) is 10.1 Å². The van der Waals surface area contributed by atoms with E-state index in [0.717, 1.165) is 12.4 Å². The van der Waals surface area contributed by atoms with E-state index >= 15 is 0 Å². The molecule has 0 spiro atoms. The molecule has 0 aliphatic heterocycles. The Balaban J connectivity index is 2.30. The topological polar surface area (TPSA) is 115 Å². The molecule has 0 aliphatic rings. The third-order valence-corrected chi connectivity index (χ3v) is 2.67. The molecule has 2 aromatic rings. The second-order valence-corrected chi connectivity index (χ2v) is 4.43. The summed E-state index contributed by atoms with van der Waals surface area (Å²) in [7, 11) is 0. The van der Waals surface area contributed by atoms with Crippen molar-refractivity contribution in [3.05, 3.63) is 50.9 Å². The molecule has 9 heteroatoms. The van der Waals surface area contributed by atoms with Gasteiger partial charge in [-0.25, -0.2) is 14.8 Å². The van der Waals surface area contributed by atoms with E-state index in [9.17, 15) is 14.9 Å². The third kappa shape index (κ3) is 3.06. The van der Waals surface area contributed by atoms with Crippen molar-refractivity contribution in [1.82, 2.24) is 9.97 Å². The number of hydrogen-bond donors (Lipinski definition) is 1. The molecule has 0 atom stereocenters. The molecule has 0 radical (unpaired) electrons. The minimum atomic E-state index is -1.22. The lowest BCUT2D eigenvalue weighted by molar-refractivity contribution is -0.385. The zero-order valence-corrected chi connectivity index (χ0v) is 11.3. The van der Waals surface area contributed by atoms with Gasteiger partial charge >= 0.3 is 11.7 Å². The summed E-state index contributed by atoms with van der Waals surface area (Å²) in [6.07, 6.45) is 2.08. The molecule has 8 nitrogen and oxygen atoms in total. The first-order chi connectivity index (χ1) is 9.47. The molecule has 0 bridgehead atoms. The SMILES string of the molecule is O=C(O)c1cnc(Oc2ccc(Br)cc2[N+](=O)[O-])cn1. The van der Waals surface area contributed by atoms with Crippen molar-refractivity contribution in [2.45, 2.75) is 0 Å². The van der Waals surface area contributed by atoms with Gasteiger partial charge in [0, 0.05) is 10.5 Å². The Morgan fingerprint density at radius 2 is 2.10 bits per heavy atom. The maximum atomic E-state index is 10.9. The quantitative estimate of drug-likeness (QED) is 0.672. The van der Waals surface area contributed by atoms with Crippen molar-refractivity contribution < 1.29 is 19.6 Å². The Kier molecular flexibility index (Phi) is 3.89. The van der Waals surface area contributed by atoms with Gasteiger partial charge in [0.15, 0.2) is 5.69 Å². The summed E-state index contributed by atoms with van der Waals surface area (Å²) in [5.74, 6) is -1.28. The third-order valence-electron chi connectivity index (χ3n) is 2.18. The van der Waals surface area contributed by atoms with E-state index in [1.807, 2.05) is 0 Å². The number of nitro groups is 1. The number of halogens is 1. The monoisotopic (exact) mass is 339 g/mol. The fourth-order valence-electron chi connectivity index (χ4n) is 1.31. The van der Waals surface area contributed by atoms with Crippen LogP contribution < -0.4 is 4.74 Å². The van der Waals surface area contributed by atoms with Gasteiger partial charge in [0.05, 0.1) is 17.3 Å². The number of rotatable bonds is 4. The summed E-state index contributed by atoms with van der Waals surface area (Å²) in [6, 6.07) is 4.25. The molecule has 0 aliphatic carbocycles. The summed E-state index contributed by atoms with van der Waals surface area (Å²) in [6.45, 7) is 0. The van der Waals surface area contributed by atoms with Crippen LogP contribution >= 0.6 is 15.9 Å². The summed E-state index contributed by atoms with van der Waals surface area (Å²) >= 11 is 3.12. The summed E-state index contributed by atoms with van der Waals surface area (Å²) in [4.78, 5) is 28.2. The molecular weight excluding hydrogens is 334 g/mol. The number of carboxylic acid groups (broad SMARTS) is 1. The number of aromatic nitrogens is 2. The predicted molar refractivity (Wildman–Crippen MR) is 69.9 cm³/mol. The Hall–Kier alpha value is -2.55. The highest BCUT2D eigenvalue weighted by Gasteiger charge is 2.17.